The molecule has 1 heterocycles. The molecule has 0 fully saturated rings. The normalized spacial score (nSPS) is 15.9. The van der Waals surface area contributed by atoms with Crippen LogP contribution in [0.3, 0.4) is 0 Å². The van der Waals surface area contributed by atoms with Crippen LogP contribution in [0.1, 0.15) is 50.7 Å². The van der Waals surface area contributed by atoms with Gasteiger partial charge in [-0.25, -0.2) is 0 Å². The summed E-state index contributed by atoms with van der Waals surface area (Å²) in [5.74, 6) is 0.761. The second kappa shape index (κ2) is 12.2. The lowest BCUT2D eigenvalue weighted by Gasteiger charge is -2.15. The first-order valence-electron chi connectivity index (χ1n) is 8.57. The summed E-state index contributed by atoms with van der Waals surface area (Å²) in [6.45, 7) is 4.06. The number of rotatable bonds is 7. The number of allylic oxidation sites excluding steroid dienone is 1. The number of aliphatic hydroxyl groups excluding tert-OH is 1. The van der Waals surface area contributed by atoms with Crippen LogP contribution in [0.4, 0.5) is 0 Å². The van der Waals surface area contributed by atoms with Gasteiger partial charge in [0.15, 0.2) is 5.96 Å². The predicted octanol–water partition coefficient (Wildman–Crippen LogP) is 3.18. The fraction of sp³-hybridized carbons (Fsp3) is 0.556. The van der Waals surface area contributed by atoms with Crippen molar-refractivity contribution in [3.05, 3.63) is 41.7 Å². The van der Waals surface area contributed by atoms with Crippen molar-refractivity contribution in [2.75, 3.05) is 19.6 Å². The number of nitrogens with one attached hydrogen (secondary N) is 2. The zero-order valence-corrected chi connectivity index (χ0v) is 16.7. The summed E-state index contributed by atoms with van der Waals surface area (Å²) in [5, 5.41) is 16.7. The summed E-state index contributed by atoms with van der Waals surface area (Å²) in [7, 11) is 0. The minimum atomic E-state index is -0.602. The van der Waals surface area contributed by atoms with E-state index in [-0.39, 0.29) is 24.0 Å². The Morgan fingerprint density at radius 1 is 1.29 bits per heavy atom. The molecule has 1 aromatic heterocycles. The molecule has 5 nitrogen and oxygen atoms in total. The summed E-state index contributed by atoms with van der Waals surface area (Å²) in [6.07, 6.45) is 11.3. The van der Waals surface area contributed by atoms with Gasteiger partial charge in [0.1, 0.15) is 0 Å². The predicted molar refractivity (Wildman–Crippen MR) is 110 cm³/mol. The number of guanidine groups is 1. The van der Waals surface area contributed by atoms with Gasteiger partial charge in [0.25, 0.3) is 0 Å². The van der Waals surface area contributed by atoms with Gasteiger partial charge in [-0.3, -0.25) is 9.98 Å². The lowest BCUT2D eigenvalue weighted by atomic mass is 9.97. The maximum atomic E-state index is 10.2. The van der Waals surface area contributed by atoms with Crippen molar-refractivity contribution in [2.24, 2.45) is 4.99 Å². The van der Waals surface area contributed by atoms with Gasteiger partial charge in [-0.05, 0) is 56.7 Å². The minimum Gasteiger partial charge on any atom is -0.386 e. The molecule has 0 spiro atoms. The highest BCUT2D eigenvalue weighted by Gasteiger charge is 2.07. The van der Waals surface area contributed by atoms with Crippen LogP contribution in [0.15, 0.2) is 41.2 Å². The highest BCUT2D eigenvalue weighted by molar-refractivity contribution is 14.0. The van der Waals surface area contributed by atoms with Crippen molar-refractivity contribution in [1.29, 1.82) is 0 Å². The Hall–Kier alpha value is -1.15. The number of aliphatic imine (C=N–C) groups is 1. The van der Waals surface area contributed by atoms with Crippen LogP contribution in [0.5, 0.6) is 0 Å². The van der Waals surface area contributed by atoms with Crippen molar-refractivity contribution < 1.29 is 5.11 Å². The number of halogens is 1. The number of hydrogen-bond acceptors (Lipinski definition) is 3. The molecule has 0 radical (unpaired) electrons. The Bertz CT molecular complexity index is 519. The van der Waals surface area contributed by atoms with Gasteiger partial charge >= 0.3 is 0 Å². The maximum absolute atomic E-state index is 10.2. The van der Waals surface area contributed by atoms with E-state index in [0.717, 1.165) is 31.0 Å². The van der Waals surface area contributed by atoms with Crippen LogP contribution in [0.25, 0.3) is 0 Å². The number of hydrogen-bond donors (Lipinski definition) is 3. The largest absolute Gasteiger partial charge is 0.386 e. The molecule has 0 aromatic carbocycles. The molecule has 134 valence electrons. The SMILES string of the molecule is CCNC(=NCC(O)c1ccncc1)NCCC1=CCCCC1.I. The van der Waals surface area contributed by atoms with Crippen LogP contribution in [0, 0.1) is 0 Å². The zero-order valence-electron chi connectivity index (χ0n) is 14.4. The average Bonchev–Trinajstić information content (AvgIpc) is 2.61. The Balaban J connectivity index is 0.00000288. The summed E-state index contributed by atoms with van der Waals surface area (Å²) < 4.78 is 0. The van der Waals surface area contributed by atoms with E-state index in [9.17, 15) is 5.11 Å². The number of nitrogens with zero attached hydrogens (tertiary/aromatic N) is 2. The second-order valence-electron chi connectivity index (χ2n) is 5.80. The van der Waals surface area contributed by atoms with E-state index in [2.05, 4.69) is 26.7 Å². The Labute approximate surface area is 162 Å². The molecule has 1 aromatic rings. The topological polar surface area (TPSA) is 69.5 Å². The highest BCUT2D eigenvalue weighted by Crippen LogP contribution is 2.19. The third kappa shape index (κ3) is 7.61. The average molecular weight is 444 g/mol. The third-order valence-corrected chi connectivity index (χ3v) is 3.98. The van der Waals surface area contributed by atoms with Crippen molar-refractivity contribution in [2.45, 2.75) is 45.1 Å². The molecule has 1 unspecified atom stereocenters. The van der Waals surface area contributed by atoms with E-state index in [0.29, 0.717) is 6.54 Å². The van der Waals surface area contributed by atoms with Gasteiger partial charge in [0.2, 0.25) is 0 Å². The smallest absolute Gasteiger partial charge is 0.191 e. The van der Waals surface area contributed by atoms with Crippen molar-refractivity contribution in [3.63, 3.8) is 0 Å². The first-order valence-corrected chi connectivity index (χ1v) is 8.57. The van der Waals surface area contributed by atoms with Crippen LogP contribution in [-0.2, 0) is 0 Å². The molecule has 1 aliphatic carbocycles. The van der Waals surface area contributed by atoms with Gasteiger partial charge in [0, 0.05) is 25.5 Å². The van der Waals surface area contributed by atoms with Crippen molar-refractivity contribution in [1.82, 2.24) is 15.6 Å². The molecule has 0 bridgehead atoms. The maximum Gasteiger partial charge on any atom is 0.191 e. The van der Waals surface area contributed by atoms with Crippen LogP contribution in [-0.4, -0.2) is 35.7 Å². The number of pyridine rings is 1. The quantitative estimate of drug-likeness (QED) is 0.262. The first-order chi connectivity index (χ1) is 11.3. The van der Waals surface area contributed by atoms with E-state index in [1.807, 2.05) is 19.1 Å². The van der Waals surface area contributed by atoms with E-state index in [1.165, 1.54) is 25.7 Å². The molecular formula is C18H29IN4O. The van der Waals surface area contributed by atoms with Crippen LogP contribution >= 0.6 is 24.0 Å². The number of aromatic nitrogens is 1. The van der Waals surface area contributed by atoms with E-state index >= 15 is 0 Å². The fourth-order valence-corrected chi connectivity index (χ4v) is 2.68. The first kappa shape index (κ1) is 20.9. The molecule has 24 heavy (non-hydrogen) atoms. The van der Waals surface area contributed by atoms with Gasteiger partial charge in [0.05, 0.1) is 12.6 Å². The summed E-state index contributed by atoms with van der Waals surface area (Å²) >= 11 is 0. The molecule has 6 heteroatoms. The molecule has 2 rings (SSSR count). The molecule has 3 N–H and O–H groups in total. The van der Waals surface area contributed by atoms with Crippen molar-refractivity contribution >= 4 is 29.9 Å². The standard InChI is InChI=1S/C18H28N4O.HI/c1-2-20-18(21-13-8-15-6-4-3-5-7-15)22-14-17(23)16-9-11-19-12-10-16;/h6,9-12,17,23H,2-5,7-8,13-14H2,1H3,(H2,20,21,22);1H. The third-order valence-electron chi connectivity index (χ3n) is 3.98. The van der Waals surface area contributed by atoms with Gasteiger partial charge in [-0.1, -0.05) is 11.6 Å². The Morgan fingerprint density at radius 3 is 2.75 bits per heavy atom. The molecule has 1 aliphatic rings. The molecule has 0 saturated heterocycles. The molecule has 0 aliphatic heterocycles. The molecule has 0 amide bonds. The lowest BCUT2D eigenvalue weighted by Crippen LogP contribution is -2.38. The zero-order chi connectivity index (χ0) is 16.3. The van der Waals surface area contributed by atoms with Crippen LogP contribution < -0.4 is 10.6 Å². The van der Waals surface area contributed by atoms with Gasteiger partial charge < -0.3 is 15.7 Å². The monoisotopic (exact) mass is 444 g/mol. The molecule has 1 atom stereocenters. The van der Waals surface area contributed by atoms with E-state index < -0.39 is 6.10 Å². The Morgan fingerprint density at radius 2 is 2.08 bits per heavy atom. The fourth-order valence-electron chi connectivity index (χ4n) is 2.68. The van der Waals surface area contributed by atoms with Crippen molar-refractivity contribution in [3.8, 4) is 0 Å². The van der Waals surface area contributed by atoms with E-state index in [4.69, 9.17) is 0 Å². The van der Waals surface area contributed by atoms with Gasteiger partial charge in [-0.15, -0.1) is 24.0 Å². The Kier molecular flexibility index (Phi) is 10.7. The van der Waals surface area contributed by atoms with E-state index in [1.54, 1.807) is 18.0 Å². The summed E-state index contributed by atoms with van der Waals surface area (Å²) in [5.41, 5.74) is 2.39. The van der Waals surface area contributed by atoms with Crippen LogP contribution in [0.2, 0.25) is 0 Å². The van der Waals surface area contributed by atoms with Gasteiger partial charge in [-0.2, -0.15) is 0 Å². The second-order valence-corrected chi connectivity index (χ2v) is 5.80. The highest BCUT2D eigenvalue weighted by atomic mass is 127. The number of aliphatic hydroxyl groups is 1. The molecular weight excluding hydrogens is 415 g/mol. The minimum absolute atomic E-state index is 0. The summed E-state index contributed by atoms with van der Waals surface area (Å²) in [6, 6.07) is 3.63. The summed E-state index contributed by atoms with van der Waals surface area (Å²) in [4.78, 5) is 8.44. The molecule has 0 saturated carbocycles. The lowest BCUT2D eigenvalue weighted by molar-refractivity contribution is 0.187.